The van der Waals surface area contributed by atoms with Crippen LogP contribution in [0.2, 0.25) is 0 Å². The molecule has 0 spiro atoms. The molecule has 3 heterocycles. The third kappa shape index (κ3) is 5.76. The van der Waals surface area contributed by atoms with Crippen molar-refractivity contribution >= 4 is 23.6 Å². The van der Waals surface area contributed by atoms with Gasteiger partial charge < -0.3 is 25.0 Å². The molecule has 1 saturated carbocycles. The van der Waals surface area contributed by atoms with E-state index in [0.717, 1.165) is 18.4 Å². The molecule has 3 amide bonds. The zero-order chi connectivity index (χ0) is 26.3. The van der Waals surface area contributed by atoms with E-state index in [9.17, 15) is 9.59 Å². The first-order valence-corrected chi connectivity index (χ1v) is 12.7. The van der Waals surface area contributed by atoms with Gasteiger partial charge in [-0.15, -0.1) is 0 Å². The second kappa shape index (κ2) is 9.77. The van der Waals surface area contributed by atoms with Gasteiger partial charge in [0.25, 0.3) is 0 Å². The first-order chi connectivity index (χ1) is 17.6. The molecule has 0 bridgehead atoms. The summed E-state index contributed by atoms with van der Waals surface area (Å²) in [6.45, 7) is 9.78. The van der Waals surface area contributed by atoms with E-state index in [-0.39, 0.29) is 36.0 Å². The third-order valence-electron chi connectivity index (χ3n) is 6.43. The third-order valence-corrected chi connectivity index (χ3v) is 6.43. The summed E-state index contributed by atoms with van der Waals surface area (Å²) in [5.74, 6) is 0.351. The van der Waals surface area contributed by atoms with Crippen molar-refractivity contribution in [3.8, 4) is 11.4 Å². The minimum Gasteiger partial charge on any atom is -0.444 e. The number of halogens is 1. The molecule has 2 aliphatic heterocycles. The summed E-state index contributed by atoms with van der Waals surface area (Å²) in [6.07, 6.45) is 1.50. The summed E-state index contributed by atoms with van der Waals surface area (Å²) in [5.41, 5.74) is 1.43. The maximum atomic E-state index is 15.3. The van der Waals surface area contributed by atoms with Gasteiger partial charge in [0.1, 0.15) is 17.2 Å². The van der Waals surface area contributed by atoms with Gasteiger partial charge in [-0.25, -0.2) is 23.9 Å². The Labute approximate surface area is 215 Å². The zero-order valence-corrected chi connectivity index (χ0v) is 21.6. The van der Waals surface area contributed by atoms with E-state index in [0.29, 0.717) is 43.5 Å². The van der Waals surface area contributed by atoms with Crippen LogP contribution in [-0.4, -0.2) is 64.4 Å². The fourth-order valence-corrected chi connectivity index (χ4v) is 4.45. The Morgan fingerprint density at radius 2 is 1.97 bits per heavy atom. The van der Waals surface area contributed by atoms with Crippen molar-refractivity contribution in [2.75, 3.05) is 30.0 Å². The second-order valence-corrected chi connectivity index (χ2v) is 10.8. The van der Waals surface area contributed by atoms with Crippen molar-refractivity contribution in [1.29, 1.82) is 0 Å². The minimum atomic E-state index is -0.626. The van der Waals surface area contributed by atoms with Crippen LogP contribution in [0.4, 0.5) is 25.5 Å². The average molecular weight is 513 g/mol. The van der Waals surface area contributed by atoms with Gasteiger partial charge in [0.15, 0.2) is 5.82 Å². The van der Waals surface area contributed by atoms with Gasteiger partial charge in [-0.1, -0.05) is 0 Å². The monoisotopic (exact) mass is 512 g/mol. The number of hydrogen-bond acceptors (Lipinski definition) is 7. The molecule has 10 nitrogen and oxygen atoms in total. The largest absolute Gasteiger partial charge is 0.444 e. The fourth-order valence-electron chi connectivity index (χ4n) is 4.45. The van der Waals surface area contributed by atoms with Crippen molar-refractivity contribution in [2.24, 2.45) is 0 Å². The highest BCUT2D eigenvalue weighted by atomic mass is 19.1. The highest BCUT2D eigenvalue weighted by Crippen LogP contribution is 2.35. The quantitative estimate of drug-likeness (QED) is 0.636. The maximum absolute atomic E-state index is 15.3. The standard InChI is InChI=1S/C26H33FN6O4/c1-15-14-36-10-9-33(15)23-19-12-32(25(35)37-26(2,3)4)13-21(19)30-22(31-23)18-8-7-17(11-20(18)27)29-24(34)28-16-5-6-16/h7-8,11,15-16H,5-6,9-10,12-14H2,1-4H3,(H2,28,29,34)/t15-/m0/s1. The Morgan fingerprint density at radius 1 is 1.19 bits per heavy atom. The van der Waals surface area contributed by atoms with Crippen LogP contribution in [-0.2, 0) is 22.6 Å². The maximum Gasteiger partial charge on any atom is 0.410 e. The number of morpholine rings is 1. The van der Waals surface area contributed by atoms with Crippen molar-refractivity contribution < 1.29 is 23.5 Å². The topological polar surface area (TPSA) is 109 Å². The number of hydrogen-bond donors (Lipinski definition) is 2. The van der Waals surface area contributed by atoms with E-state index in [2.05, 4.69) is 20.5 Å². The predicted octanol–water partition coefficient (Wildman–Crippen LogP) is 4.04. The molecule has 1 atom stereocenters. The normalized spacial score (nSPS) is 19.4. The minimum absolute atomic E-state index is 0.0533. The lowest BCUT2D eigenvalue weighted by molar-refractivity contribution is 0.0240. The fraction of sp³-hybridized carbons (Fsp3) is 0.538. The predicted molar refractivity (Wildman–Crippen MR) is 136 cm³/mol. The smallest absolute Gasteiger partial charge is 0.410 e. The average Bonchev–Trinajstić information content (AvgIpc) is 3.51. The summed E-state index contributed by atoms with van der Waals surface area (Å²) < 4.78 is 26.5. The van der Waals surface area contributed by atoms with Gasteiger partial charge in [0, 0.05) is 23.8 Å². The summed E-state index contributed by atoms with van der Waals surface area (Å²) >= 11 is 0. The van der Waals surface area contributed by atoms with Crippen LogP contribution in [0.1, 0.15) is 51.8 Å². The lowest BCUT2D eigenvalue weighted by Crippen LogP contribution is -2.44. The number of urea groups is 1. The van der Waals surface area contributed by atoms with E-state index in [1.807, 2.05) is 27.7 Å². The van der Waals surface area contributed by atoms with Gasteiger partial charge in [-0.2, -0.15) is 0 Å². The zero-order valence-electron chi connectivity index (χ0n) is 21.6. The van der Waals surface area contributed by atoms with Crippen molar-refractivity contribution in [3.05, 3.63) is 35.3 Å². The van der Waals surface area contributed by atoms with Crippen LogP contribution in [0, 0.1) is 5.82 Å². The molecule has 3 aliphatic rings. The van der Waals surface area contributed by atoms with Crippen LogP contribution < -0.4 is 15.5 Å². The number of ether oxygens (including phenoxy) is 2. The first-order valence-electron chi connectivity index (χ1n) is 12.7. The number of anilines is 2. The number of rotatable bonds is 4. The van der Waals surface area contributed by atoms with Gasteiger partial charge in [-0.3, -0.25) is 4.90 Å². The molecule has 198 valence electrons. The van der Waals surface area contributed by atoms with E-state index in [1.165, 1.54) is 6.07 Å². The molecule has 0 radical (unpaired) electrons. The van der Waals surface area contributed by atoms with E-state index >= 15 is 4.39 Å². The molecule has 2 N–H and O–H groups in total. The molecule has 1 aromatic heterocycles. The van der Waals surface area contributed by atoms with Gasteiger partial charge in [0.05, 0.1) is 43.6 Å². The molecular weight excluding hydrogens is 479 g/mol. The molecule has 5 rings (SSSR count). The molecule has 0 unspecified atom stereocenters. The van der Waals surface area contributed by atoms with Crippen LogP contribution in [0.3, 0.4) is 0 Å². The Morgan fingerprint density at radius 3 is 2.65 bits per heavy atom. The number of carbonyl (C=O) groups excluding carboxylic acids is 2. The van der Waals surface area contributed by atoms with Crippen molar-refractivity contribution in [3.63, 3.8) is 0 Å². The van der Waals surface area contributed by atoms with E-state index in [4.69, 9.17) is 14.5 Å². The molecule has 1 saturated heterocycles. The van der Waals surface area contributed by atoms with E-state index in [1.54, 1.807) is 17.0 Å². The number of benzene rings is 1. The van der Waals surface area contributed by atoms with E-state index < -0.39 is 17.5 Å². The highest BCUT2D eigenvalue weighted by molar-refractivity contribution is 5.90. The van der Waals surface area contributed by atoms with Crippen LogP contribution in [0.5, 0.6) is 0 Å². The summed E-state index contributed by atoms with van der Waals surface area (Å²) in [7, 11) is 0. The van der Waals surface area contributed by atoms with Crippen molar-refractivity contribution in [2.45, 2.75) is 71.3 Å². The number of fused-ring (bicyclic) bond motifs is 1. The van der Waals surface area contributed by atoms with Gasteiger partial charge in [-0.05, 0) is 58.7 Å². The number of amides is 3. The lowest BCUT2D eigenvalue weighted by Gasteiger charge is -2.35. The van der Waals surface area contributed by atoms with Gasteiger partial charge >= 0.3 is 12.1 Å². The second-order valence-electron chi connectivity index (χ2n) is 10.8. The van der Waals surface area contributed by atoms with Gasteiger partial charge in [0.2, 0.25) is 0 Å². The molecule has 1 aromatic carbocycles. The van der Waals surface area contributed by atoms with Crippen LogP contribution in [0.25, 0.3) is 11.4 Å². The Bertz CT molecular complexity index is 1210. The highest BCUT2D eigenvalue weighted by Gasteiger charge is 2.35. The number of nitrogens with one attached hydrogen (secondary N) is 2. The Hall–Kier alpha value is -3.47. The molecular formula is C26H33FN6O4. The molecule has 1 aliphatic carbocycles. The number of nitrogens with zero attached hydrogens (tertiary/aromatic N) is 4. The van der Waals surface area contributed by atoms with Crippen molar-refractivity contribution in [1.82, 2.24) is 20.2 Å². The Balaban J connectivity index is 1.46. The molecule has 11 heteroatoms. The Kier molecular flexibility index (Phi) is 6.65. The number of aromatic nitrogens is 2. The molecule has 2 fully saturated rings. The summed E-state index contributed by atoms with van der Waals surface area (Å²) in [5, 5.41) is 5.49. The van der Waals surface area contributed by atoms with Crippen LogP contribution in [0.15, 0.2) is 18.2 Å². The number of carbonyl (C=O) groups is 2. The molecule has 37 heavy (non-hydrogen) atoms. The SMILES string of the molecule is C[C@H]1COCCN1c1nc(-c2ccc(NC(=O)NC3CC3)cc2F)nc2c1CN(C(=O)OC(C)(C)C)C2. The summed E-state index contributed by atoms with van der Waals surface area (Å²) in [6, 6.07) is 4.36. The van der Waals surface area contributed by atoms with Crippen LogP contribution >= 0.6 is 0 Å². The first kappa shape index (κ1) is 25.2. The molecule has 2 aromatic rings. The summed E-state index contributed by atoms with van der Waals surface area (Å²) in [4.78, 5) is 38.0. The lowest BCUT2D eigenvalue weighted by atomic mass is 10.1.